The number of rotatable bonds is 6. The molecule has 0 heterocycles. The zero-order valence-corrected chi connectivity index (χ0v) is 9.99. The molecule has 1 N–H and O–H groups in total. The minimum atomic E-state index is 0.143. The summed E-state index contributed by atoms with van der Waals surface area (Å²) in [5.74, 6) is 0.911. The highest BCUT2D eigenvalue weighted by Gasteiger charge is 2.06. The molecule has 0 radical (unpaired) electrons. The molecule has 0 aliphatic heterocycles. The topological polar surface area (TPSA) is 41.6 Å². The summed E-state index contributed by atoms with van der Waals surface area (Å²) in [6, 6.07) is 7.19. The molecule has 4 nitrogen and oxygen atoms in total. The molecule has 1 rings (SSSR count). The van der Waals surface area contributed by atoms with Gasteiger partial charge in [-0.1, -0.05) is 0 Å². The Morgan fingerprint density at radius 2 is 2.00 bits per heavy atom. The van der Waals surface area contributed by atoms with E-state index in [4.69, 9.17) is 4.74 Å². The SMILES string of the molecule is CNN(C)CCC(=O)c1ccc(OC)cc1. The molecule has 0 saturated carbocycles. The first-order valence-corrected chi connectivity index (χ1v) is 5.23. The molecule has 0 bridgehead atoms. The lowest BCUT2D eigenvalue weighted by atomic mass is 10.1. The van der Waals surface area contributed by atoms with Crippen LogP contribution in [0.15, 0.2) is 24.3 Å². The van der Waals surface area contributed by atoms with E-state index in [-0.39, 0.29) is 5.78 Å². The van der Waals surface area contributed by atoms with Crippen molar-refractivity contribution in [2.24, 2.45) is 0 Å². The molecule has 1 aromatic rings. The van der Waals surface area contributed by atoms with Crippen molar-refractivity contribution < 1.29 is 9.53 Å². The van der Waals surface area contributed by atoms with E-state index in [1.807, 2.05) is 19.1 Å². The van der Waals surface area contributed by atoms with Crippen LogP contribution >= 0.6 is 0 Å². The highest BCUT2D eigenvalue weighted by Crippen LogP contribution is 2.12. The van der Waals surface area contributed by atoms with Gasteiger partial charge in [0.2, 0.25) is 0 Å². The summed E-state index contributed by atoms with van der Waals surface area (Å²) >= 11 is 0. The van der Waals surface area contributed by atoms with Crippen LogP contribution in [0, 0.1) is 0 Å². The molecule has 0 saturated heterocycles. The van der Waals surface area contributed by atoms with Crippen molar-refractivity contribution in [2.75, 3.05) is 27.7 Å². The Kier molecular flexibility index (Phi) is 4.95. The quantitative estimate of drug-likeness (QED) is 0.582. The van der Waals surface area contributed by atoms with Crippen LogP contribution in [0.5, 0.6) is 5.75 Å². The number of hydrogen-bond acceptors (Lipinski definition) is 4. The smallest absolute Gasteiger partial charge is 0.164 e. The Morgan fingerprint density at radius 3 is 2.50 bits per heavy atom. The van der Waals surface area contributed by atoms with E-state index in [0.29, 0.717) is 13.0 Å². The number of hydrogen-bond donors (Lipinski definition) is 1. The molecule has 88 valence electrons. The van der Waals surface area contributed by atoms with Crippen LogP contribution in [-0.4, -0.2) is 38.5 Å². The number of carbonyl (C=O) groups excluding carboxylic acids is 1. The number of nitrogens with one attached hydrogen (secondary N) is 1. The summed E-state index contributed by atoms with van der Waals surface area (Å²) in [6.07, 6.45) is 0.504. The van der Waals surface area contributed by atoms with Crippen LogP contribution in [0.25, 0.3) is 0 Å². The molecule has 0 aromatic heterocycles. The number of hydrazine groups is 1. The highest BCUT2D eigenvalue weighted by atomic mass is 16.5. The van der Waals surface area contributed by atoms with Gasteiger partial charge in [-0.3, -0.25) is 10.2 Å². The van der Waals surface area contributed by atoms with E-state index in [0.717, 1.165) is 11.3 Å². The van der Waals surface area contributed by atoms with E-state index >= 15 is 0 Å². The Bertz CT molecular complexity index is 335. The second-order valence-corrected chi connectivity index (χ2v) is 3.55. The average Bonchev–Trinajstić information content (AvgIpc) is 2.35. The molecule has 16 heavy (non-hydrogen) atoms. The first kappa shape index (κ1) is 12.7. The van der Waals surface area contributed by atoms with Crippen LogP contribution < -0.4 is 10.2 Å². The second kappa shape index (κ2) is 6.25. The maximum Gasteiger partial charge on any atom is 0.164 e. The fraction of sp³-hybridized carbons (Fsp3) is 0.417. The first-order chi connectivity index (χ1) is 7.67. The molecule has 0 amide bonds. The monoisotopic (exact) mass is 222 g/mol. The van der Waals surface area contributed by atoms with Gasteiger partial charge in [0.15, 0.2) is 5.78 Å². The van der Waals surface area contributed by atoms with E-state index in [2.05, 4.69) is 5.43 Å². The minimum absolute atomic E-state index is 0.143. The molecule has 0 unspecified atom stereocenters. The van der Waals surface area contributed by atoms with Crippen molar-refractivity contribution in [3.63, 3.8) is 0 Å². The van der Waals surface area contributed by atoms with Crippen molar-refractivity contribution in [3.8, 4) is 5.75 Å². The normalized spacial score (nSPS) is 10.5. The summed E-state index contributed by atoms with van der Waals surface area (Å²) in [5.41, 5.74) is 3.68. The lowest BCUT2D eigenvalue weighted by molar-refractivity contribution is 0.0961. The maximum absolute atomic E-state index is 11.8. The standard InChI is InChI=1S/C12H18N2O2/c1-13-14(2)9-8-12(15)10-4-6-11(16-3)7-5-10/h4-7,13H,8-9H2,1-3H3. The summed E-state index contributed by atoms with van der Waals surface area (Å²) in [6.45, 7) is 0.696. The highest BCUT2D eigenvalue weighted by molar-refractivity contribution is 5.96. The molecular formula is C12H18N2O2. The summed E-state index contributed by atoms with van der Waals surface area (Å²) in [5, 5.41) is 1.88. The number of Topliss-reactive ketones (excluding diaryl/α,β-unsaturated/α-hetero) is 1. The number of benzene rings is 1. The summed E-state index contributed by atoms with van der Waals surface area (Å²) < 4.78 is 5.03. The first-order valence-electron chi connectivity index (χ1n) is 5.23. The third-order valence-corrected chi connectivity index (χ3v) is 2.47. The van der Waals surface area contributed by atoms with Crippen molar-refractivity contribution in [2.45, 2.75) is 6.42 Å². The zero-order valence-electron chi connectivity index (χ0n) is 9.99. The fourth-order valence-corrected chi connectivity index (χ4v) is 1.30. The zero-order chi connectivity index (χ0) is 12.0. The van der Waals surface area contributed by atoms with Crippen LogP contribution in [-0.2, 0) is 0 Å². The summed E-state index contributed by atoms with van der Waals surface area (Å²) in [4.78, 5) is 11.8. The molecular weight excluding hydrogens is 204 g/mol. The van der Waals surface area contributed by atoms with Crippen molar-refractivity contribution >= 4 is 5.78 Å². The molecule has 1 aromatic carbocycles. The van der Waals surface area contributed by atoms with Crippen LogP contribution in [0.3, 0.4) is 0 Å². The van der Waals surface area contributed by atoms with Gasteiger partial charge < -0.3 is 4.74 Å². The van der Waals surface area contributed by atoms with E-state index in [9.17, 15) is 4.79 Å². The van der Waals surface area contributed by atoms with Gasteiger partial charge in [0.25, 0.3) is 0 Å². The van der Waals surface area contributed by atoms with Gasteiger partial charge in [-0.2, -0.15) is 0 Å². The molecule has 4 heteroatoms. The Balaban J connectivity index is 2.52. The molecule has 0 atom stereocenters. The van der Waals surface area contributed by atoms with Gasteiger partial charge >= 0.3 is 0 Å². The molecule has 0 fully saturated rings. The van der Waals surface area contributed by atoms with E-state index in [1.54, 1.807) is 31.4 Å². The predicted molar refractivity (Wildman–Crippen MR) is 63.6 cm³/mol. The van der Waals surface area contributed by atoms with Gasteiger partial charge in [-0.05, 0) is 31.3 Å². The van der Waals surface area contributed by atoms with Gasteiger partial charge in [0, 0.05) is 25.6 Å². The number of nitrogens with zero attached hydrogens (tertiary/aromatic N) is 1. The Morgan fingerprint density at radius 1 is 1.38 bits per heavy atom. The maximum atomic E-state index is 11.8. The van der Waals surface area contributed by atoms with Gasteiger partial charge in [-0.15, -0.1) is 0 Å². The summed E-state index contributed by atoms with van der Waals surface area (Å²) in [7, 11) is 5.35. The number of ether oxygens (including phenoxy) is 1. The van der Waals surface area contributed by atoms with Crippen molar-refractivity contribution in [1.82, 2.24) is 10.4 Å². The number of carbonyl (C=O) groups is 1. The van der Waals surface area contributed by atoms with Crippen LogP contribution in [0.1, 0.15) is 16.8 Å². The van der Waals surface area contributed by atoms with Gasteiger partial charge in [0.1, 0.15) is 5.75 Å². The fourth-order valence-electron chi connectivity index (χ4n) is 1.30. The molecule has 0 spiro atoms. The number of methoxy groups -OCH3 is 1. The number of ketones is 1. The van der Waals surface area contributed by atoms with Crippen molar-refractivity contribution in [1.29, 1.82) is 0 Å². The molecule has 0 aliphatic rings. The third-order valence-electron chi connectivity index (χ3n) is 2.47. The minimum Gasteiger partial charge on any atom is -0.497 e. The third kappa shape index (κ3) is 3.64. The van der Waals surface area contributed by atoms with Crippen molar-refractivity contribution in [3.05, 3.63) is 29.8 Å². The van der Waals surface area contributed by atoms with E-state index < -0.39 is 0 Å². The Hall–Kier alpha value is -1.39. The lowest BCUT2D eigenvalue weighted by Crippen LogP contribution is -2.32. The second-order valence-electron chi connectivity index (χ2n) is 3.55. The van der Waals surface area contributed by atoms with Crippen LogP contribution in [0.2, 0.25) is 0 Å². The lowest BCUT2D eigenvalue weighted by Gasteiger charge is -2.13. The van der Waals surface area contributed by atoms with Crippen LogP contribution in [0.4, 0.5) is 0 Å². The predicted octanol–water partition coefficient (Wildman–Crippen LogP) is 1.33. The average molecular weight is 222 g/mol. The Labute approximate surface area is 96.2 Å². The largest absolute Gasteiger partial charge is 0.497 e. The van der Waals surface area contributed by atoms with Gasteiger partial charge in [-0.25, -0.2) is 5.01 Å². The molecule has 0 aliphatic carbocycles. The van der Waals surface area contributed by atoms with E-state index in [1.165, 1.54) is 0 Å². The van der Waals surface area contributed by atoms with Gasteiger partial charge in [0.05, 0.1) is 7.11 Å².